The van der Waals surface area contributed by atoms with E-state index in [0.29, 0.717) is 16.9 Å². The summed E-state index contributed by atoms with van der Waals surface area (Å²) in [4.78, 5) is 39.6. The molecule has 25 heavy (non-hydrogen) atoms. The van der Waals surface area contributed by atoms with Crippen molar-refractivity contribution in [3.63, 3.8) is 0 Å². The van der Waals surface area contributed by atoms with Gasteiger partial charge >= 0.3 is 0 Å². The summed E-state index contributed by atoms with van der Waals surface area (Å²) in [7, 11) is 0. The van der Waals surface area contributed by atoms with Gasteiger partial charge in [-0.05, 0) is 30.3 Å². The molecule has 2 aliphatic heterocycles. The van der Waals surface area contributed by atoms with Crippen LogP contribution in [0.5, 0.6) is 0 Å². The SMILES string of the molecule is CC(=O)N1C(=O)[C@@]2(SCC(=O)N2c2ccc(Br)cc2)c2ccccc21. The maximum atomic E-state index is 13.3. The Morgan fingerprint density at radius 1 is 1.12 bits per heavy atom. The van der Waals surface area contributed by atoms with Crippen LogP contribution in [0.1, 0.15) is 12.5 Å². The van der Waals surface area contributed by atoms with Gasteiger partial charge in [-0.2, -0.15) is 0 Å². The number of rotatable bonds is 1. The van der Waals surface area contributed by atoms with Crippen LogP contribution in [-0.4, -0.2) is 23.5 Å². The molecular formula is C18H13BrN2O3S. The molecule has 126 valence electrons. The highest BCUT2D eigenvalue weighted by atomic mass is 79.9. The molecule has 2 heterocycles. The summed E-state index contributed by atoms with van der Waals surface area (Å²) in [6, 6.07) is 14.4. The number of hydrogen-bond acceptors (Lipinski definition) is 4. The van der Waals surface area contributed by atoms with E-state index in [9.17, 15) is 14.4 Å². The van der Waals surface area contributed by atoms with Crippen molar-refractivity contribution in [2.24, 2.45) is 0 Å². The fraction of sp³-hybridized carbons (Fsp3) is 0.167. The topological polar surface area (TPSA) is 57.7 Å². The summed E-state index contributed by atoms with van der Waals surface area (Å²) < 4.78 is 0.883. The van der Waals surface area contributed by atoms with E-state index in [4.69, 9.17) is 0 Å². The summed E-state index contributed by atoms with van der Waals surface area (Å²) in [6.07, 6.45) is 0. The average molecular weight is 417 g/mol. The van der Waals surface area contributed by atoms with E-state index in [1.165, 1.54) is 28.5 Å². The molecule has 5 nitrogen and oxygen atoms in total. The minimum absolute atomic E-state index is 0.152. The van der Waals surface area contributed by atoms with Gasteiger partial charge in [-0.15, -0.1) is 11.8 Å². The lowest BCUT2D eigenvalue weighted by atomic mass is 10.0. The number of amides is 3. The molecule has 2 aromatic rings. The number of carbonyl (C=O) groups is 3. The van der Waals surface area contributed by atoms with Gasteiger partial charge in [0.25, 0.3) is 5.91 Å². The predicted molar refractivity (Wildman–Crippen MR) is 100 cm³/mol. The predicted octanol–water partition coefficient (Wildman–Crippen LogP) is 3.28. The van der Waals surface area contributed by atoms with Crippen molar-refractivity contribution in [2.75, 3.05) is 15.6 Å². The maximum absolute atomic E-state index is 13.3. The molecule has 0 unspecified atom stereocenters. The van der Waals surface area contributed by atoms with E-state index in [1.807, 2.05) is 24.3 Å². The molecule has 0 aliphatic carbocycles. The Morgan fingerprint density at radius 3 is 2.48 bits per heavy atom. The van der Waals surface area contributed by atoms with Crippen molar-refractivity contribution >= 4 is 56.8 Å². The van der Waals surface area contributed by atoms with Crippen LogP contribution in [-0.2, 0) is 19.3 Å². The van der Waals surface area contributed by atoms with E-state index in [1.54, 1.807) is 24.3 Å². The van der Waals surface area contributed by atoms with Crippen LogP contribution >= 0.6 is 27.7 Å². The van der Waals surface area contributed by atoms with Gasteiger partial charge in [-0.25, -0.2) is 4.90 Å². The third-order valence-electron chi connectivity index (χ3n) is 4.37. The Labute approximate surface area is 157 Å². The second-order valence-corrected chi connectivity index (χ2v) is 7.90. The quantitative estimate of drug-likeness (QED) is 0.715. The zero-order valence-corrected chi connectivity index (χ0v) is 15.6. The number of imide groups is 1. The van der Waals surface area contributed by atoms with Crippen molar-refractivity contribution in [1.29, 1.82) is 0 Å². The van der Waals surface area contributed by atoms with Crippen LogP contribution < -0.4 is 9.80 Å². The van der Waals surface area contributed by atoms with Crippen molar-refractivity contribution < 1.29 is 14.4 Å². The number of hydrogen-bond donors (Lipinski definition) is 0. The molecule has 0 saturated carbocycles. The number of thioether (sulfide) groups is 1. The van der Waals surface area contributed by atoms with Crippen LogP contribution in [0, 0.1) is 0 Å². The number of halogens is 1. The van der Waals surface area contributed by atoms with Crippen LogP contribution in [0.2, 0.25) is 0 Å². The fourth-order valence-electron chi connectivity index (χ4n) is 3.39. The van der Waals surface area contributed by atoms with E-state index in [0.717, 1.165) is 4.47 Å². The summed E-state index contributed by atoms with van der Waals surface area (Å²) in [5.41, 5.74) is 1.85. The van der Waals surface area contributed by atoms with Crippen LogP contribution in [0.25, 0.3) is 0 Å². The lowest BCUT2D eigenvalue weighted by molar-refractivity contribution is -0.128. The van der Waals surface area contributed by atoms with Crippen molar-refractivity contribution in [3.05, 3.63) is 58.6 Å². The Morgan fingerprint density at radius 2 is 1.80 bits per heavy atom. The zero-order valence-electron chi connectivity index (χ0n) is 13.2. The number of nitrogens with zero attached hydrogens (tertiary/aromatic N) is 2. The Balaban J connectivity index is 1.95. The van der Waals surface area contributed by atoms with Crippen LogP contribution in [0.4, 0.5) is 11.4 Å². The molecule has 7 heteroatoms. The molecule has 4 rings (SSSR count). The number of carbonyl (C=O) groups excluding carboxylic acids is 3. The molecule has 3 amide bonds. The summed E-state index contributed by atoms with van der Waals surface area (Å²) >= 11 is 4.64. The lowest BCUT2D eigenvalue weighted by Crippen LogP contribution is -2.50. The smallest absolute Gasteiger partial charge is 0.275 e. The van der Waals surface area contributed by atoms with Crippen molar-refractivity contribution in [1.82, 2.24) is 0 Å². The van der Waals surface area contributed by atoms with E-state index in [2.05, 4.69) is 15.9 Å². The molecule has 1 fully saturated rings. The third-order valence-corrected chi connectivity index (χ3v) is 6.29. The second kappa shape index (κ2) is 5.71. The molecule has 1 atom stereocenters. The number of fused-ring (bicyclic) bond motifs is 2. The van der Waals surface area contributed by atoms with Crippen molar-refractivity contribution in [2.45, 2.75) is 11.8 Å². The molecule has 0 N–H and O–H groups in total. The number of para-hydroxylation sites is 1. The van der Waals surface area contributed by atoms with Crippen molar-refractivity contribution in [3.8, 4) is 0 Å². The fourth-order valence-corrected chi connectivity index (χ4v) is 4.99. The van der Waals surface area contributed by atoms with Crippen LogP contribution in [0.3, 0.4) is 0 Å². The van der Waals surface area contributed by atoms with Gasteiger partial charge in [-0.1, -0.05) is 34.1 Å². The first kappa shape index (κ1) is 16.4. The first-order valence-corrected chi connectivity index (χ1v) is 9.42. The van der Waals surface area contributed by atoms with Gasteiger partial charge in [-0.3, -0.25) is 19.3 Å². The average Bonchev–Trinajstić information content (AvgIpc) is 3.06. The van der Waals surface area contributed by atoms with Gasteiger partial charge in [0.1, 0.15) is 0 Å². The third kappa shape index (κ3) is 2.19. The highest BCUT2D eigenvalue weighted by Gasteiger charge is 2.61. The lowest BCUT2D eigenvalue weighted by Gasteiger charge is -2.32. The van der Waals surface area contributed by atoms with Gasteiger partial charge in [0.05, 0.1) is 11.4 Å². The summed E-state index contributed by atoms with van der Waals surface area (Å²) in [5, 5.41) is 0. The molecule has 2 aromatic carbocycles. The van der Waals surface area contributed by atoms with E-state index in [-0.39, 0.29) is 23.5 Å². The minimum atomic E-state index is -1.23. The molecule has 0 bridgehead atoms. The minimum Gasteiger partial charge on any atom is -0.283 e. The monoisotopic (exact) mass is 416 g/mol. The standard InChI is InChI=1S/C18H13BrN2O3S/c1-11(22)20-15-5-3-2-4-14(15)18(17(20)24)21(16(23)10-25-18)13-8-6-12(19)7-9-13/h2-9H,10H2,1H3/t18-/m0/s1. The highest BCUT2D eigenvalue weighted by Crippen LogP contribution is 2.55. The van der Waals surface area contributed by atoms with Gasteiger partial charge in [0, 0.05) is 22.6 Å². The molecule has 2 aliphatic rings. The first-order chi connectivity index (χ1) is 12.0. The van der Waals surface area contributed by atoms with Gasteiger partial charge in [0.2, 0.25) is 16.7 Å². The summed E-state index contributed by atoms with van der Waals surface area (Å²) in [6.45, 7) is 1.36. The Kier molecular flexibility index (Phi) is 3.73. The van der Waals surface area contributed by atoms with E-state index >= 15 is 0 Å². The molecule has 0 radical (unpaired) electrons. The highest BCUT2D eigenvalue weighted by molar-refractivity contribution is 9.10. The normalized spacial score (nSPS) is 22.0. The molecular weight excluding hydrogens is 404 g/mol. The first-order valence-electron chi connectivity index (χ1n) is 7.64. The molecule has 0 aromatic heterocycles. The van der Waals surface area contributed by atoms with Crippen LogP contribution in [0.15, 0.2) is 53.0 Å². The Bertz CT molecular complexity index is 915. The van der Waals surface area contributed by atoms with Gasteiger partial charge in [0.15, 0.2) is 0 Å². The number of benzene rings is 2. The summed E-state index contributed by atoms with van der Waals surface area (Å²) in [5.74, 6) is -0.715. The van der Waals surface area contributed by atoms with Gasteiger partial charge < -0.3 is 0 Å². The molecule has 1 saturated heterocycles. The Hall–Kier alpha value is -2.12. The second-order valence-electron chi connectivity index (χ2n) is 5.81. The zero-order chi connectivity index (χ0) is 17.8. The van der Waals surface area contributed by atoms with E-state index < -0.39 is 4.87 Å². The number of anilines is 2. The molecule has 1 spiro atoms. The largest absolute Gasteiger partial charge is 0.283 e. The maximum Gasteiger partial charge on any atom is 0.275 e.